The molecule has 2 aromatic rings. The van der Waals surface area contributed by atoms with Gasteiger partial charge in [0.25, 0.3) is 5.91 Å². The highest BCUT2D eigenvalue weighted by Gasteiger charge is 2.27. The fourth-order valence-corrected chi connectivity index (χ4v) is 4.23. The minimum atomic E-state index is -1.08. The summed E-state index contributed by atoms with van der Waals surface area (Å²) in [5, 5.41) is 3.87. The maximum atomic E-state index is 14.6. The Morgan fingerprint density at radius 2 is 1.81 bits per heavy atom. The molecule has 0 aliphatic rings. The van der Waals surface area contributed by atoms with E-state index in [1.54, 1.807) is 30.6 Å². The van der Waals surface area contributed by atoms with Gasteiger partial charge >= 0.3 is 5.97 Å². The number of hydrogen-bond donors (Lipinski definition) is 1. The third-order valence-electron chi connectivity index (χ3n) is 5.43. The van der Waals surface area contributed by atoms with E-state index >= 15 is 0 Å². The Kier molecular flexibility index (Phi) is 10.1. The first-order valence-corrected chi connectivity index (χ1v) is 12.5. The van der Waals surface area contributed by atoms with Crippen molar-refractivity contribution < 1.29 is 27.9 Å². The Morgan fingerprint density at radius 3 is 2.33 bits per heavy atom. The van der Waals surface area contributed by atoms with Crippen molar-refractivity contribution >= 4 is 34.8 Å². The van der Waals surface area contributed by atoms with Crippen molar-refractivity contribution in [3.63, 3.8) is 0 Å². The van der Waals surface area contributed by atoms with E-state index < -0.39 is 41.1 Å². The number of nitrogens with zero attached hydrogens (tertiary/aromatic N) is 3. The van der Waals surface area contributed by atoms with Crippen LogP contribution in [-0.2, 0) is 21.1 Å². The van der Waals surface area contributed by atoms with Gasteiger partial charge in [-0.2, -0.15) is 4.99 Å². The van der Waals surface area contributed by atoms with Crippen LogP contribution in [0.4, 0.5) is 14.5 Å². The van der Waals surface area contributed by atoms with E-state index in [2.05, 4.69) is 10.3 Å². The molecule has 11 heteroatoms. The van der Waals surface area contributed by atoms with Crippen LogP contribution >= 0.6 is 11.3 Å². The molecule has 1 heterocycles. The molecular weight excluding hydrogens is 490 g/mol. The van der Waals surface area contributed by atoms with E-state index in [-0.39, 0.29) is 34.8 Å². The van der Waals surface area contributed by atoms with Gasteiger partial charge in [0.1, 0.15) is 11.7 Å². The lowest BCUT2D eigenvalue weighted by Crippen LogP contribution is -2.42. The molecule has 0 bridgehead atoms. The van der Waals surface area contributed by atoms with Crippen LogP contribution in [-0.4, -0.2) is 47.4 Å². The van der Waals surface area contributed by atoms with Crippen molar-refractivity contribution in [1.29, 1.82) is 0 Å². The molecule has 1 aromatic heterocycles. The Bertz CT molecular complexity index is 1140. The summed E-state index contributed by atoms with van der Waals surface area (Å²) in [7, 11) is 3.60. The molecule has 0 saturated heterocycles. The molecule has 36 heavy (non-hydrogen) atoms. The highest BCUT2D eigenvalue weighted by molar-refractivity contribution is 7.07. The van der Waals surface area contributed by atoms with E-state index in [0.29, 0.717) is 0 Å². The van der Waals surface area contributed by atoms with Gasteiger partial charge in [-0.1, -0.05) is 41.0 Å². The van der Waals surface area contributed by atoms with Gasteiger partial charge in [0.05, 0.1) is 0 Å². The lowest BCUT2D eigenvalue weighted by Gasteiger charge is -2.27. The standard InChI is InChI=1S/C25H34F2N4O4S/c1-8-15(2)21(30(6)7)23(34)35-14-31-9-10-36-24(31)29-22(33)16-11-17(26)20(18(27)12-16)28-19(32)13-25(3,4)5/h9-12,15,21H,8,13-14H2,1-7H3,(H,28,32)/b29-24-/t15-,21-/m0/s1. The number of anilines is 1. The number of nitrogens with one attached hydrogen (secondary N) is 1. The van der Waals surface area contributed by atoms with Crippen molar-refractivity contribution in [2.24, 2.45) is 16.3 Å². The van der Waals surface area contributed by atoms with Gasteiger partial charge in [-0.3, -0.25) is 23.9 Å². The summed E-state index contributed by atoms with van der Waals surface area (Å²) < 4.78 is 36.0. The second-order valence-corrected chi connectivity index (χ2v) is 10.9. The molecule has 0 saturated carbocycles. The second-order valence-electron chi connectivity index (χ2n) is 10.1. The fraction of sp³-hybridized carbons (Fsp3) is 0.520. The van der Waals surface area contributed by atoms with Gasteiger partial charge in [0, 0.05) is 23.6 Å². The number of aromatic nitrogens is 1. The van der Waals surface area contributed by atoms with E-state index in [1.165, 1.54) is 4.57 Å². The van der Waals surface area contributed by atoms with Crippen LogP contribution in [0.25, 0.3) is 0 Å². The summed E-state index contributed by atoms with van der Waals surface area (Å²) in [6.07, 6.45) is 2.45. The highest BCUT2D eigenvalue weighted by atomic mass is 32.1. The number of likely N-dealkylation sites (N-methyl/N-ethyl adjacent to an activating group) is 1. The molecule has 198 valence electrons. The molecule has 0 aliphatic heterocycles. The molecule has 8 nitrogen and oxygen atoms in total. The molecule has 2 rings (SSSR count). The van der Waals surface area contributed by atoms with Gasteiger partial charge < -0.3 is 10.1 Å². The predicted molar refractivity (Wildman–Crippen MR) is 134 cm³/mol. The Morgan fingerprint density at radius 1 is 1.19 bits per heavy atom. The SMILES string of the molecule is CC[C@H](C)[C@@H](C(=O)OCn1ccs/c1=N\C(=O)c1cc(F)c(NC(=O)CC(C)(C)C)c(F)c1)N(C)C. The topological polar surface area (TPSA) is 93.0 Å². The molecule has 0 unspecified atom stereocenters. The molecule has 1 N–H and O–H groups in total. The largest absolute Gasteiger partial charge is 0.443 e. The third-order valence-corrected chi connectivity index (χ3v) is 6.22. The number of carbonyl (C=O) groups is 3. The number of benzene rings is 1. The van der Waals surface area contributed by atoms with Crippen LogP contribution in [0, 0.1) is 23.0 Å². The smallest absolute Gasteiger partial charge is 0.325 e. The van der Waals surface area contributed by atoms with Crippen molar-refractivity contribution in [3.05, 3.63) is 45.7 Å². The van der Waals surface area contributed by atoms with Gasteiger partial charge in [0.2, 0.25) is 5.91 Å². The maximum absolute atomic E-state index is 14.6. The van der Waals surface area contributed by atoms with Crippen LogP contribution in [0.15, 0.2) is 28.7 Å². The second kappa shape index (κ2) is 12.4. The van der Waals surface area contributed by atoms with Crippen molar-refractivity contribution in [3.8, 4) is 0 Å². The zero-order valence-electron chi connectivity index (χ0n) is 21.7. The van der Waals surface area contributed by atoms with Gasteiger partial charge in [-0.15, -0.1) is 11.3 Å². The first-order valence-electron chi connectivity index (χ1n) is 11.6. The normalized spacial score (nSPS) is 14.0. The number of halogens is 2. The fourth-order valence-electron chi connectivity index (χ4n) is 3.51. The number of ether oxygens (including phenoxy) is 1. The first kappa shape index (κ1) is 29.3. The average Bonchev–Trinajstić information content (AvgIpc) is 3.19. The van der Waals surface area contributed by atoms with Crippen LogP contribution < -0.4 is 10.1 Å². The molecule has 0 aliphatic carbocycles. The average molecular weight is 525 g/mol. The lowest BCUT2D eigenvalue weighted by molar-refractivity contribution is -0.155. The quantitative estimate of drug-likeness (QED) is 0.490. The molecular formula is C25H34F2N4O4S. The lowest BCUT2D eigenvalue weighted by atomic mass is 9.92. The summed E-state index contributed by atoms with van der Waals surface area (Å²) >= 11 is 1.10. The zero-order chi connectivity index (χ0) is 27.2. The van der Waals surface area contributed by atoms with Crippen LogP contribution in [0.5, 0.6) is 0 Å². The Labute approximate surface area is 214 Å². The zero-order valence-corrected chi connectivity index (χ0v) is 22.5. The van der Waals surface area contributed by atoms with E-state index in [0.717, 1.165) is 29.9 Å². The molecule has 0 fully saturated rings. The van der Waals surface area contributed by atoms with Crippen molar-refractivity contribution in [2.45, 2.75) is 60.2 Å². The molecule has 0 radical (unpaired) electrons. The van der Waals surface area contributed by atoms with Gasteiger partial charge in [-0.25, -0.2) is 8.78 Å². The van der Waals surface area contributed by atoms with Crippen molar-refractivity contribution in [2.75, 3.05) is 19.4 Å². The van der Waals surface area contributed by atoms with Crippen LogP contribution in [0.2, 0.25) is 0 Å². The van der Waals surface area contributed by atoms with Crippen LogP contribution in [0.1, 0.15) is 57.8 Å². The summed E-state index contributed by atoms with van der Waals surface area (Å²) in [6.45, 7) is 9.26. The summed E-state index contributed by atoms with van der Waals surface area (Å²) in [5.41, 5.74) is -1.30. The minimum absolute atomic E-state index is 0.0670. The van der Waals surface area contributed by atoms with Gasteiger partial charge in [0.15, 0.2) is 23.2 Å². The highest BCUT2D eigenvalue weighted by Crippen LogP contribution is 2.24. The summed E-state index contributed by atoms with van der Waals surface area (Å²) in [4.78, 5) is 43.3. The van der Waals surface area contributed by atoms with E-state index in [4.69, 9.17) is 4.74 Å². The molecule has 0 spiro atoms. The molecule has 1 aromatic carbocycles. The van der Waals surface area contributed by atoms with E-state index in [9.17, 15) is 23.2 Å². The van der Waals surface area contributed by atoms with Crippen LogP contribution in [0.3, 0.4) is 0 Å². The monoisotopic (exact) mass is 524 g/mol. The van der Waals surface area contributed by atoms with E-state index in [1.807, 2.05) is 34.6 Å². The maximum Gasteiger partial charge on any atom is 0.325 e. The number of esters is 1. The number of thiazole rings is 1. The van der Waals surface area contributed by atoms with Crippen molar-refractivity contribution in [1.82, 2.24) is 9.47 Å². The number of carbonyl (C=O) groups excluding carboxylic acids is 3. The summed E-state index contributed by atoms with van der Waals surface area (Å²) in [6, 6.07) is 1.23. The number of hydrogen-bond acceptors (Lipinski definition) is 6. The Hall–Kier alpha value is -2.92. The molecule has 2 amide bonds. The summed E-state index contributed by atoms with van der Waals surface area (Å²) in [5.74, 6) is -3.90. The Balaban J connectivity index is 2.19. The number of rotatable bonds is 9. The predicted octanol–water partition coefficient (Wildman–Crippen LogP) is 4.42. The number of amides is 2. The molecule has 2 atom stereocenters. The minimum Gasteiger partial charge on any atom is -0.443 e. The first-order chi connectivity index (χ1) is 16.7. The third kappa shape index (κ3) is 8.06. The van der Waals surface area contributed by atoms with Gasteiger partial charge in [-0.05, 0) is 37.6 Å².